The van der Waals surface area contributed by atoms with E-state index in [-0.39, 0.29) is 17.9 Å². The van der Waals surface area contributed by atoms with Gasteiger partial charge in [0.25, 0.3) is 0 Å². The Balaban J connectivity index is 1.68. The first kappa shape index (κ1) is 20.6. The van der Waals surface area contributed by atoms with E-state index < -0.39 is 18.3 Å². The minimum Gasteiger partial charge on any atom is -0.513 e. The van der Waals surface area contributed by atoms with Crippen LogP contribution in [0.1, 0.15) is 51.9 Å². The maximum absolute atomic E-state index is 11.0. The van der Waals surface area contributed by atoms with Crippen LogP contribution in [0.25, 0.3) is 0 Å². The molecule has 0 saturated heterocycles. The molecule has 3 aliphatic rings. The van der Waals surface area contributed by atoms with Crippen molar-refractivity contribution in [1.29, 1.82) is 0 Å². The highest BCUT2D eigenvalue weighted by molar-refractivity contribution is 5.21. The van der Waals surface area contributed by atoms with E-state index >= 15 is 0 Å². The largest absolute Gasteiger partial charge is 0.513 e. The van der Waals surface area contributed by atoms with E-state index in [9.17, 15) is 20.4 Å². The number of ether oxygens (including phenoxy) is 1. The zero-order chi connectivity index (χ0) is 19.6. The second-order valence-electron chi connectivity index (χ2n) is 8.64. The monoisotopic (exact) mass is 378 g/mol. The minimum absolute atomic E-state index is 0.0877. The van der Waals surface area contributed by atoms with E-state index in [1.54, 1.807) is 13.2 Å². The van der Waals surface area contributed by atoms with Crippen LogP contribution in [0.4, 0.5) is 0 Å². The molecule has 0 bridgehead atoms. The van der Waals surface area contributed by atoms with Gasteiger partial charge in [-0.05, 0) is 67.1 Å². The van der Waals surface area contributed by atoms with Gasteiger partial charge in [-0.1, -0.05) is 19.1 Å². The number of aliphatic hydroxyl groups excluding tert-OH is 4. The normalized spacial score (nSPS) is 40.2. The van der Waals surface area contributed by atoms with Crippen LogP contribution in [0.2, 0.25) is 0 Å². The maximum Gasteiger partial charge on any atom is 0.0908 e. The van der Waals surface area contributed by atoms with Gasteiger partial charge in [0.15, 0.2) is 0 Å². The molecule has 0 aromatic heterocycles. The molecule has 7 unspecified atom stereocenters. The minimum atomic E-state index is -0.602. The average Bonchev–Trinajstić information content (AvgIpc) is 2.62. The van der Waals surface area contributed by atoms with Gasteiger partial charge in [0.05, 0.1) is 30.2 Å². The third-order valence-corrected chi connectivity index (χ3v) is 6.44. The Labute approximate surface area is 162 Å². The molecule has 3 rings (SSSR count). The van der Waals surface area contributed by atoms with E-state index in [4.69, 9.17) is 4.74 Å². The van der Waals surface area contributed by atoms with E-state index in [1.807, 2.05) is 6.08 Å². The summed E-state index contributed by atoms with van der Waals surface area (Å²) in [7, 11) is 1.66. The molecule has 27 heavy (non-hydrogen) atoms. The molecule has 0 aliphatic heterocycles. The SMILES string of the molecule is COC1C=C(O)CCC1CC1=CC(C)CC(CC2=CCC(O)CC2O)C1O. The molecular weight excluding hydrogens is 344 g/mol. The average molecular weight is 379 g/mol. The standard InChI is InChI=1S/C22H34O5/c1-13-7-16(9-14-3-5-18(23)11-20(14)25)22(26)17(8-13)10-15-4-6-19(24)12-21(15)27-2/h3,8,12-13,15-16,18,20-26H,4-7,9-11H2,1-2H3. The van der Waals surface area contributed by atoms with Gasteiger partial charge in [-0.3, -0.25) is 0 Å². The summed E-state index contributed by atoms with van der Waals surface area (Å²) in [6.45, 7) is 2.18. The summed E-state index contributed by atoms with van der Waals surface area (Å²) in [5.74, 6) is 1.12. The van der Waals surface area contributed by atoms with Crippen LogP contribution in [-0.4, -0.2) is 52.0 Å². The van der Waals surface area contributed by atoms with Crippen LogP contribution in [0, 0.1) is 17.8 Å². The molecule has 0 amide bonds. The van der Waals surface area contributed by atoms with Crippen molar-refractivity contribution in [3.8, 4) is 0 Å². The Kier molecular flexibility index (Phi) is 6.79. The Hall–Kier alpha value is -1.14. The van der Waals surface area contributed by atoms with Crippen molar-refractivity contribution < 1.29 is 25.2 Å². The lowest BCUT2D eigenvalue weighted by Gasteiger charge is -2.37. The molecule has 0 fully saturated rings. The van der Waals surface area contributed by atoms with Gasteiger partial charge >= 0.3 is 0 Å². The van der Waals surface area contributed by atoms with E-state index in [0.717, 1.165) is 30.4 Å². The third-order valence-electron chi connectivity index (χ3n) is 6.44. The number of hydrogen-bond donors (Lipinski definition) is 4. The topological polar surface area (TPSA) is 90.2 Å². The Morgan fingerprint density at radius 3 is 2.48 bits per heavy atom. The van der Waals surface area contributed by atoms with Crippen molar-refractivity contribution in [2.24, 2.45) is 17.8 Å². The molecule has 5 nitrogen and oxygen atoms in total. The fourth-order valence-electron chi connectivity index (χ4n) is 4.96. The maximum atomic E-state index is 11.0. The van der Waals surface area contributed by atoms with Crippen molar-refractivity contribution in [2.75, 3.05) is 7.11 Å². The number of allylic oxidation sites excluding steroid dienone is 2. The van der Waals surface area contributed by atoms with Crippen molar-refractivity contribution in [2.45, 2.75) is 76.3 Å². The van der Waals surface area contributed by atoms with Gasteiger partial charge in [-0.2, -0.15) is 0 Å². The molecule has 0 radical (unpaired) electrons. The van der Waals surface area contributed by atoms with Crippen molar-refractivity contribution in [3.05, 3.63) is 35.1 Å². The Morgan fingerprint density at radius 2 is 1.78 bits per heavy atom. The third kappa shape index (κ3) is 5.02. The quantitative estimate of drug-likeness (QED) is 0.552. The first-order valence-corrected chi connectivity index (χ1v) is 10.2. The van der Waals surface area contributed by atoms with Crippen LogP contribution in [-0.2, 0) is 4.74 Å². The fourth-order valence-corrected chi connectivity index (χ4v) is 4.96. The lowest BCUT2D eigenvalue weighted by atomic mass is 9.73. The van der Waals surface area contributed by atoms with Gasteiger partial charge < -0.3 is 25.2 Å². The van der Waals surface area contributed by atoms with Gasteiger partial charge in [0, 0.05) is 20.0 Å². The van der Waals surface area contributed by atoms with Crippen molar-refractivity contribution >= 4 is 0 Å². The van der Waals surface area contributed by atoms with Crippen molar-refractivity contribution in [3.63, 3.8) is 0 Å². The van der Waals surface area contributed by atoms with E-state index in [0.29, 0.717) is 37.4 Å². The van der Waals surface area contributed by atoms with Crippen LogP contribution >= 0.6 is 0 Å². The molecule has 0 saturated carbocycles. The summed E-state index contributed by atoms with van der Waals surface area (Å²) in [5.41, 5.74) is 2.02. The summed E-state index contributed by atoms with van der Waals surface area (Å²) in [5, 5.41) is 40.8. The highest BCUT2D eigenvalue weighted by Crippen LogP contribution is 2.39. The summed E-state index contributed by atoms with van der Waals surface area (Å²) in [4.78, 5) is 0. The predicted octanol–water partition coefficient (Wildman–Crippen LogP) is 3.02. The summed E-state index contributed by atoms with van der Waals surface area (Å²) >= 11 is 0. The zero-order valence-corrected chi connectivity index (χ0v) is 16.4. The molecule has 0 aromatic rings. The fraction of sp³-hybridized carbons (Fsp3) is 0.727. The Morgan fingerprint density at radius 1 is 1.04 bits per heavy atom. The summed E-state index contributed by atoms with van der Waals surface area (Å²) in [6, 6.07) is 0. The molecule has 4 N–H and O–H groups in total. The predicted molar refractivity (Wildman–Crippen MR) is 104 cm³/mol. The zero-order valence-electron chi connectivity index (χ0n) is 16.4. The summed E-state index contributed by atoms with van der Waals surface area (Å²) < 4.78 is 5.54. The van der Waals surface area contributed by atoms with Crippen LogP contribution < -0.4 is 0 Å². The highest BCUT2D eigenvalue weighted by atomic mass is 16.5. The van der Waals surface area contributed by atoms with Crippen LogP contribution in [0.5, 0.6) is 0 Å². The molecular formula is C22H34O5. The Bertz CT molecular complexity index is 608. The molecule has 0 heterocycles. The number of methoxy groups -OCH3 is 1. The van der Waals surface area contributed by atoms with Gasteiger partial charge in [-0.15, -0.1) is 0 Å². The molecule has 5 heteroatoms. The highest BCUT2D eigenvalue weighted by Gasteiger charge is 2.34. The van der Waals surface area contributed by atoms with Gasteiger partial charge in [-0.25, -0.2) is 0 Å². The molecule has 7 atom stereocenters. The van der Waals surface area contributed by atoms with E-state index in [2.05, 4.69) is 13.0 Å². The van der Waals surface area contributed by atoms with Crippen LogP contribution in [0.3, 0.4) is 0 Å². The lowest BCUT2D eigenvalue weighted by Crippen LogP contribution is -2.34. The first-order valence-electron chi connectivity index (χ1n) is 10.2. The van der Waals surface area contributed by atoms with Gasteiger partial charge in [0.2, 0.25) is 0 Å². The second kappa shape index (κ2) is 8.91. The van der Waals surface area contributed by atoms with Crippen molar-refractivity contribution in [1.82, 2.24) is 0 Å². The number of aliphatic hydroxyl groups is 4. The van der Waals surface area contributed by atoms with E-state index in [1.165, 1.54) is 0 Å². The number of rotatable bonds is 5. The molecule has 152 valence electrons. The number of hydrogen-bond acceptors (Lipinski definition) is 5. The van der Waals surface area contributed by atoms with Gasteiger partial charge in [0.1, 0.15) is 0 Å². The molecule has 0 spiro atoms. The second-order valence-corrected chi connectivity index (χ2v) is 8.64. The molecule has 3 aliphatic carbocycles. The first-order chi connectivity index (χ1) is 12.9. The molecule has 0 aromatic carbocycles. The smallest absolute Gasteiger partial charge is 0.0908 e. The van der Waals surface area contributed by atoms with Crippen LogP contribution in [0.15, 0.2) is 35.1 Å². The lowest BCUT2D eigenvalue weighted by molar-refractivity contribution is 0.0591. The summed E-state index contributed by atoms with van der Waals surface area (Å²) in [6.07, 6.45) is 9.07.